The number of esters is 1. The topological polar surface area (TPSA) is 122 Å². The van der Waals surface area contributed by atoms with Gasteiger partial charge in [0.1, 0.15) is 28.8 Å². The summed E-state index contributed by atoms with van der Waals surface area (Å²) in [6.45, 7) is 0. The normalized spacial score (nSPS) is 22.1. The van der Waals surface area contributed by atoms with Gasteiger partial charge < -0.3 is 34.5 Å². The van der Waals surface area contributed by atoms with Crippen LogP contribution in [-0.4, -0.2) is 45.4 Å². The van der Waals surface area contributed by atoms with Crippen molar-refractivity contribution in [2.45, 2.75) is 17.1 Å². The molecule has 0 radical (unpaired) electrons. The molecule has 0 amide bonds. The molecule has 9 nitrogen and oxygen atoms in total. The zero-order chi connectivity index (χ0) is 31.1. The van der Waals surface area contributed by atoms with Crippen LogP contribution in [0.4, 0.5) is 0 Å². The summed E-state index contributed by atoms with van der Waals surface area (Å²) in [6.07, 6.45) is 0. The Morgan fingerprint density at radius 3 is 2.07 bits per heavy atom. The molecule has 4 aromatic rings. The molecule has 0 saturated heterocycles. The quantitative estimate of drug-likeness (QED) is 0.170. The van der Waals surface area contributed by atoms with Gasteiger partial charge in [0, 0.05) is 23.3 Å². The van der Waals surface area contributed by atoms with E-state index in [4.69, 9.17) is 34.4 Å². The van der Waals surface area contributed by atoms with Crippen LogP contribution in [-0.2, 0) is 20.7 Å². The van der Waals surface area contributed by atoms with Crippen molar-refractivity contribution in [3.05, 3.63) is 131 Å². The highest BCUT2D eigenvalue weighted by Gasteiger charge is 2.74. The fourth-order valence-electron chi connectivity index (χ4n) is 6.39. The second kappa shape index (κ2) is 11.1. The highest BCUT2D eigenvalue weighted by atomic mass is 16.5. The van der Waals surface area contributed by atoms with Crippen molar-refractivity contribution in [3.8, 4) is 23.0 Å². The Kier molecular flexibility index (Phi) is 7.26. The lowest BCUT2D eigenvalue weighted by molar-refractivity contribution is -0.137. The summed E-state index contributed by atoms with van der Waals surface area (Å²) in [5, 5.41) is 13.5. The Morgan fingerprint density at radius 2 is 1.48 bits per heavy atom. The van der Waals surface area contributed by atoms with Crippen LogP contribution in [0.2, 0.25) is 0 Å². The second-order valence-electron chi connectivity index (χ2n) is 10.4. The van der Waals surface area contributed by atoms with Crippen molar-refractivity contribution >= 4 is 11.8 Å². The van der Waals surface area contributed by atoms with Crippen molar-refractivity contribution in [2.75, 3.05) is 28.4 Å². The average molecular weight is 593 g/mol. The van der Waals surface area contributed by atoms with Gasteiger partial charge in [-0.1, -0.05) is 72.8 Å². The van der Waals surface area contributed by atoms with Crippen molar-refractivity contribution in [2.24, 2.45) is 10.7 Å². The van der Waals surface area contributed by atoms with E-state index >= 15 is 0 Å². The first-order chi connectivity index (χ1) is 21.3. The van der Waals surface area contributed by atoms with E-state index in [9.17, 15) is 9.90 Å². The van der Waals surface area contributed by atoms with E-state index in [1.165, 1.54) is 21.3 Å². The Bertz CT molecular complexity index is 1770. The van der Waals surface area contributed by atoms with Crippen molar-refractivity contribution < 1.29 is 33.6 Å². The lowest BCUT2D eigenvalue weighted by atomic mass is 9.69. The van der Waals surface area contributed by atoms with Gasteiger partial charge in [-0.05, 0) is 17.7 Å². The summed E-state index contributed by atoms with van der Waals surface area (Å²) in [5.74, 6) is 0.124. The second-order valence-corrected chi connectivity index (χ2v) is 10.4. The highest BCUT2D eigenvalue weighted by molar-refractivity contribution is 6.00. The van der Waals surface area contributed by atoms with Crippen LogP contribution in [0.25, 0.3) is 0 Å². The summed E-state index contributed by atoms with van der Waals surface area (Å²) in [4.78, 5) is 18.8. The SMILES string of the molecule is COC(=O)C1=C(/N=C(\N)c2ccccc2)[C@@]2(O)c3c(OC)cc(OC)cc3O[C@@]2(c2ccc(OC)cc2)[C@@H]1c1ccccc1. The number of rotatable bonds is 8. The minimum absolute atomic E-state index is 0.0161. The van der Waals surface area contributed by atoms with Gasteiger partial charge in [0.05, 0.1) is 51.2 Å². The van der Waals surface area contributed by atoms with Crippen LogP contribution in [0.15, 0.2) is 113 Å². The molecule has 1 aliphatic carbocycles. The maximum absolute atomic E-state index is 13.9. The number of aliphatic hydroxyl groups is 1. The fraction of sp³-hybridized carbons (Fsp3) is 0.200. The third-order valence-electron chi connectivity index (χ3n) is 8.32. The predicted molar refractivity (Wildman–Crippen MR) is 164 cm³/mol. The predicted octanol–water partition coefficient (Wildman–Crippen LogP) is 4.82. The minimum atomic E-state index is -2.11. The summed E-state index contributed by atoms with van der Waals surface area (Å²) in [6, 6.07) is 28.9. The average Bonchev–Trinajstić information content (AvgIpc) is 3.46. The first-order valence-electron chi connectivity index (χ1n) is 13.9. The van der Waals surface area contributed by atoms with E-state index in [1.54, 1.807) is 55.6 Å². The summed E-state index contributed by atoms with van der Waals surface area (Å²) in [7, 11) is 5.88. The highest BCUT2D eigenvalue weighted by Crippen LogP contribution is 2.70. The number of ether oxygens (including phenoxy) is 5. The first-order valence-corrected chi connectivity index (χ1v) is 13.9. The molecule has 1 aliphatic heterocycles. The molecule has 0 saturated carbocycles. The van der Waals surface area contributed by atoms with Crippen LogP contribution in [0, 0.1) is 0 Å². The number of fused-ring (bicyclic) bond motifs is 3. The van der Waals surface area contributed by atoms with Gasteiger partial charge in [0.25, 0.3) is 0 Å². The lowest BCUT2D eigenvalue weighted by Gasteiger charge is -2.41. The zero-order valence-corrected chi connectivity index (χ0v) is 24.7. The number of nitrogens with zero attached hydrogens (tertiary/aromatic N) is 1. The molecule has 0 bridgehead atoms. The minimum Gasteiger partial charge on any atom is -0.497 e. The summed E-state index contributed by atoms with van der Waals surface area (Å²) >= 11 is 0. The molecular formula is C35H32N2O7. The van der Waals surface area contributed by atoms with Gasteiger partial charge in [-0.3, -0.25) is 0 Å². The van der Waals surface area contributed by atoms with Gasteiger partial charge >= 0.3 is 5.97 Å². The lowest BCUT2D eigenvalue weighted by Crippen LogP contribution is -2.50. The number of amidine groups is 1. The maximum Gasteiger partial charge on any atom is 0.336 e. The Morgan fingerprint density at radius 1 is 0.841 bits per heavy atom. The number of benzene rings is 4. The van der Waals surface area contributed by atoms with E-state index in [1.807, 2.05) is 48.5 Å². The number of carbonyl (C=O) groups is 1. The molecule has 0 aromatic heterocycles. The molecule has 3 atom stereocenters. The molecule has 2 aliphatic rings. The number of hydrogen-bond acceptors (Lipinski definition) is 8. The van der Waals surface area contributed by atoms with Crippen LogP contribution in [0.3, 0.4) is 0 Å². The van der Waals surface area contributed by atoms with Gasteiger partial charge in [0.15, 0.2) is 11.2 Å². The van der Waals surface area contributed by atoms with Crippen molar-refractivity contribution in [3.63, 3.8) is 0 Å². The third kappa shape index (κ3) is 4.11. The Balaban J connectivity index is 1.78. The number of carbonyl (C=O) groups excluding carboxylic acids is 1. The number of nitrogens with two attached hydrogens (primary N) is 1. The van der Waals surface area contributed by atoms with Gasteiger partial charge in [-0.25, -0.2) is 9.79 Å². The smallest absolute Gasteiger partial charge is 0.336 e. The molecule has 3 N–H and O–H groups in total. The van der Waals surface area contributed by atoms with Crippen LogP contribution < -0.4 is 24.7 Å². The van der Waals surface area contributed by atoms with Crippen LogP contribution in [0.1, 0.15) is 28.2 Å². The standard InChI is InChI=1S/C35H32N2O7/c1-40-24-17-15-23(16-18-24)35-29(21-11-7-5-8-12-21)28(33(38)43-4)31(37-32(36)22-13-9-6-10-14-22)34(35,39)30-26(42-3)19-25(41-2)20-27(30)44-35/h5-20,29,39H,1-4H3,(H2,36,37)/t29-,34+,35+/m1/s1. The molecule has 9 heteroatoms. The number of aliphatic imine (C=N–C) groups is 1. The van der Waals surface area contributed by atoms with Gasteiger partial charge in [0.2, 0.25) is 0 Å². The largest absolute Gasteiger partial charge is 0.497 e. The van der Waals surface area contributed by atoms with E-state index in [2.05, 4.69) is 0 Å². The monoisotopic (exact) mass is 592 g/mol. The summed E-state index contributed by atoms with van der Waals surface area (Å²) in [5.41, 5.74) is 5.01. The van der Waals surface area contributed by atoms with E-state index in [0.29, 0.717) is 33.9 Å². The number of hydrogen-bond donors (Lipinski definition) is 2. The molecular weight excluding hydrogens is 560 g/mol. The molecule has 0 spiro atoms. The van der Waals surface area contributed by atoms with Crippen molar-refractivity contribution in [1.82, 2.24) is 0 Å². The van der Waals surface area contributed by atoms with Crippen LogP contribution in [0.5, 0.6) is 23.0 Å². The molecule has 6 rings (SSSR count). The molecule has 4 aromatic carbocycles. The van der Waals surface area contributed by atoms with E-state index in [-0.39, 0.29) is 28.4 Å². The molecule has 44 heavy (non-hydrogen) atoms. The molecule has 1 heterocycles. The molecule has 224 valence electrons. The molecule has 0 fully saturated rings. The Labute approximate surface area is 255 Å². The van der Waals surface area contributed by atoms with Crippen LogP contribution >= 0.6 is 0 Å². The summed E-state index contributed by atoms with van der Waals surface area (Å²) < 4.78 is 29.2. The Hall–Kier alpha value is -5.28. The van der Waals surface area contributed by atoms with Gasteiger partial charge in [-0.2, -0.15) is 0 Å². The van der Waals surface area contributed by atoms with Gasteiger partial charge in [-0.15, -0.1) is 0 Å². The maximum atomic E-state index is 13.9. The number of methoxy groups -OCH3 is 4. The van der Waals surface area contributed by atoms with Crippen molar-refractivity contribution in [1.29, 1.82) is 0 Å². The zero-order valence-electron chi connectivity index (χ0n) is 24.7. The molecule has 0 unspecified atom stereocenters. The fourth-order valence-corrected chi connectivity index (χ4v) is 6.39. The third-order valence-corrected chi connectivity index (χ3v) is 8.32. The van der Waals surface area contributed by atoms with E-state index in [0.717, 1.165) is 0 Å². The van der Waals surface area contributed by atoms with E-state index < -0.39 is 23.1 Å². The first kappa shape index (κ1) is 28.8.